The number of nitrogens with one attached hydrogen (secondary N) is 2. The fourth-order valence-electron chi connectivity index (χ4n) is 1.75. The molecule has 0 aliphatic heterocycles. The SMILES string of the molecule is CC(C)OC(=O)[C@H](CCC(=O)C=N)NC(=O)[C@@H](O)c1ccco1. The first-order chi connectivity index (χ1) is 10.8. The Kier molecular flexibility index (Phi) is 7.14. The smallest absolute Gasteiger partial charge is 0.328 e. The normalized spacial score (nSPS) is 13.2. The van der Waals surface area contributed by atoms with Crippen molar-refractivity contribution in [3.63, 3.8) is 0 Å². The summed E-state index contributed by atoms with van der Waals surface area (Å²) in [5, 5.41) is 19.0. The summed E-state index contributed by atoms with van der Waals surface area (Å²) in [5.41, 5.74) is 0. The van der Waals surface area contributed by atoms with Crippen LogP contribution in [-0.4, -0.2) is 41.1 Å². The van der Waals surface area contributed by atoms with E-state index < -0.39 is 35.9 Å². The Morgan fingerprint density at radius 2 is 2.13 bits per heavy atom. The molecule has 1 rings (SSSR count). The lowest BCUT2D eigenvalue weighted by atomic mass is 10.1. The van der Waals surface area contributed by atoms with Gasteiger partial charge in [0.15, 0.2) is 11.9 Å². The van der Waals surface area contributed by atoms with Crippen molar-refractivity contribution in [2.24, 2.45) is 0 Å². The van der Waals surface area contributed by atoms with E-state index in [1.165, 1.54) is 18.4 Å². The molecule has 1 aromatic heterocycles. The Hall–Kier alpha value is -2.48. The lowest BCUT2D eigenvalue weighted by Gasteiger charge is -2.20. The number of carbonyl (C=O) groups is 3. The van der Waals surface area contributed by atoms with Crippen LogP contribution in [0.25, 0.3) is 0 Å². The monoisotopic (exact) mass is 324 g/mol. The number of Topliss-reactive ketones (excluding diaryl/α,β-unsaturated/α-hetero) is 1. The molecule has 0 aliphatic rings. The van der Waals surface area contributed by atoms with Gasteiger partial charge in [-0.05, 0) is 32.4 Å². The molecule has 0 radical (unpaired) electrons. The largest absolute Gasteiger partial charge is 0.466 e. The molecule has 0 unspecified atom stereocenters. The van der Waals surface area contributed by atoms with Crippen molar-refractivity contribution in [2.45, 2.75) is 44.9 Å². The van der Waals surface area contributed by atoms with Gasteiger partial charge in [-0.15, -0.1) is 0 Å². The molecule has 0 fully saturated rings. The number of carbonyl (C=O) groups excluding carboxylic acids is 3. The maximum atomic E-state index is 12.0. The highest BCUT2D eigenvalue weighted by atomic mass is 16.5. The molecule has 0 spiro atoms. The summed E-state index contributed by atoms with van der Waals surface area (Å²) in [7, 11) is 0. The van der Waals surface area contributed by atoms with Crippen LogP contribution in [0.15, 0.2) is 22.8 Å². The van der Waals surface area contributed by atoms with E-state index in [2.05, 4.69) is 5.32 Å². The summed E-state index contributed by atoms with van der Waals surface area (Å²) in [4.78, 5) is 35.2. The second-order valence-corrected chi connectivity index (χ2v) is 5.11. The van der Waals surface area contributed by atoms with E-state index in [9.17, 15) is 19.5 Å². The number of aliphatic hydroxyl groups is 1. The predicted octanol–water partition coefficient (Wildman–Crippen LogP) is 0.748. The molecule has 0 bridgehead atoms. The average Bonchev–Trinajstić information content (AvgIpc) is 3.03. The second kappa shape index (κ2) is 8.84. The van der Waals surface area contributed by atoms with Gasteiger partial charge in [-0.2, -0.15) is 0 Å². The van der Waals surface area contributed by atoms with Gasteiger partial charge in [-0.3, -0.25) is 9.59 Å². The van der Waals surface area contributed by atoms with E-state index in [0.717, 1.165) is 0 Å². The number of esters is 1. The highest BCUT2D eigenvalue weighted by Crippen LogP contribution is 2.14. The number of amides is 1. The predicted molar refractivity (Wildman–Crippen MR) is 79.9 cm³/mol. The van der Waals surface area contributed by atoms with E-state index in [-0.39, 0.29) is 18.6 Å². The van der Waals surface area contributed by atoms with Gasteiger partial charge in [-0.25, -0.2) is 4.79 Å². The Labute approximate surface area is 133 Å². The van der Waals surface area contributed by atoms with E-state index >= 15 is 0 Å². The van der Waals surface area contributed by atoms with Gasteiger partial charge in [0, 0.05) is 6.42 Å². The molecule has 1 aromatic rings. The summed E-state index contributed by atoms with van der Waals surface area (Å²) in [5.74, 6) is -1.99. The first-order valence-corrected chi connectivity index (χ1v) is 7.10. The third-order valence-electron chi connectivity index (χ3n) is 2.85. The maximum Gasteiger partial charge on any atom is 0.328 e. The van der Waals surface area contributed by atoms with Gasteiger partial charge in [-0.1, -0.05) is 0 Å². The van der Waals surface area contributed by atoms with E-state index in [4.69, 9.17) is 14.6 Å². The number of rotatable bonds is 9. The van der Waals surface area contributed by atoms with Crippen molar-refractivity contribution in [3.8, 4) is 0 Å². The maximum absolute atomic E-state index is 12.0. The average molecular weight is 324 g/mol. The van der Waals surface area contributed by atoms with Crippen molar-refractivity contribution < 1.29 is 28.6 Å². The minimum absolute atomic E-state index is 0.0314. The molecule has 3 N–H and O–H groups in total. The molecular formula is C15H20N2O6. The van der Waals surface area contributed by atoms with Crippen LogP contribution in [0.4, 0.5) is 0 Å². The highest BCUT2D eigenvalue weighted by Gasteiger charge is 2.28. The first kappa shape index (κ1) is 18.6. The third kappa shape index (κ3) is 6.03. The zero-order valence-electron chi connectivity index (χ0n) is 12.9. The van der Waals surface area contributed by atoms with E-state index in [1.807, 2.05) is 0 Å². The number of ether oxygens (including phenoxy) is 1. The zero-order valence-corrected chi connectivity index (χ0v) is 12.9. The summed E-state index contributed by atoms with van der Waals surface area (Å²) in [6.45, 7) is 3.30. The Morgan fingerprint density at radius 3 is 2.65 bits per heavy atom. The summed E-state index contributed by atoms with van der Waals surface area (Å²) >= 11 is 0. The molecule has 0 saturated carbocycles. The Morgan fingerprint density at radius 1 is 1.43 bits per heavy atom. The van der Waals surface area contributed by atoms with Gasteiger partial charge >= 0.3 is 5.97 Å². The van der Waals surface area contributed by atoms with Gasteiger partial charge in [0.2, 0.25) is 0 Å². The van der Waals surface area contributed by atoms with E-state index in [1.54, 1.807) is 13.8 Å². The molecule has 8 nitrogen and oxygen atoms in total. The lowest BCUT2D eigenvalue weighted by molar-refractivity contribution is -0.152. The number of hydrogen-bond donors (Lipinski definition) is 3. The second-order valence-electron chi connectivity index (χ2n) is 5.11. The van der Waals surface area contributed by atoms with Gasteiger partial charge in [0.25, 0.3) is 5.91 Å². The number of furan rings is 1. The topological polar surface area (TPSA) is 130 Å². The van der Waals surface area contributed by atoms with Gasteiger partial charge in [0.1, 0.15) is 11.8 Å². The van der Waals surface area contributed by atoms with Crippen molar-refractivity contribution in [2.75, 3.05) is 0 Å². The van der Waals surface area contributed by atoms with Crippen LogP contribution in [0.2, 0.25) is 0 Å². The van der Waals surface area contributed by atoms with Crippen molar-refractivity contribution in [3.05, 3.63) is 24.2 Å². The fraction of sp³-hybridized carbons (Fsp3) is 0.467. The molecule has 1 amide bonds. The number of aliphatic hydroxyl groups excluding tert-OH is 1. The van der Waals surface area contributed by atoms with Crippen molar-refractivity contribution in [1.82, 2.24) is 5.32 Å². The minimum atomic E-state index is -1.57. The van der Waals surface area contributed by atoms with Crippen LogP contribution >= 0.6 is 0 Å². The fourth-order valence-corrected chi connectivity index (χ4v) is 1.75. The summed E-state index contributed by atoms with van der Waals surface area (Å²) < 4.78 is 9.95. The Balaban J connectivity index is 2.74. The number of hydrogen-bond acceptors (Lipinski definition) is 7. The van der Waals surface area contributed by atoms with Crippen molar-refractivity contribution in [1.29, 1.82) is 5.41 Å². The van der Waals surface area contributed by atoms with Crippen LogP contribution in [0.5, 0.6) is 0 Å². The molecule has 2 atom stereocenters. The van der Waals surface area contributed by atoms with E-state index in [0.29, 0.717) is 6.21 Å². The zero-order chi connectivity index (χ0) is 17.4. The van der Waals surface area contributed by atoms with Crippen LogP contribution in [0.3, 0.4) is 0 Å². The number of ketones is 1. The first-order valence-electron chi connectivity index (χ1n) is 7.10. The molecule has 1 heterocycles. The van der Waals surface area contributed by atoms with Gasteiger partial charge < -0.3 is 25.0 Å². The molecule has 0 aliphatic carbocycles. The van der Waals surface area contributed by atoms with Crippen LogP contribution in [0, 0.1) is 5.41 Å². The van der Waals surface area contributed by atoms with Crippen LogP contribution in [0.1, 0.15) is 38.6 Å². The van der Waals surface area contributed by atoms with Gasteiger partial charge in [0.05, 0.1) is 18.6 Å². The summed E-state index contributed by atoms with van der Waals surface area (Å²) in [6.07, 6.45) is -0.147. The highest BCUT2D eigenvalue weighted by molar-refractivity contribution is 6.26. The quantitative estimate of drug-likeness (QED) is 0.454. The molecule has 8 heteroatoms. The molecule has 23 heavy (non-hydrogen) atoms. The molecule has 0 saturated heterocycles. The Bertz CT molecular complexity index is 552. The minimum Gasteiger partial charge on any atom is -0.466 e. The molecular weight excluding hydrogens is 304 g/mol. The van der Waals surface area contributed by atoms with Crippen LogP contribution in [-0.2, 0) is 19.1 Å². The molecule has 0 aromatic carbocycles. The summed E-state index contributed by atoms with van der Waals surface area (Å²) in [6, 6.07) is 1.84. The lowest BCUT2D eigenvalue weighted by Crippen LogP contribution is -2.44. The van der Waals surface area contributed by atoms with Crippen molar-refractivity contribution >= 4 is 23.9 Å². The van der Waals surface area contributed by atoms with Crippen LogP contribution < -0.4 is 5.32 Å². The molecule has 126 valence electrons. The third-order valence-corrected chi connectivity index (χ3v) is 2.85. The standard InChI is InChI=1S/C15H20N2O6/c1-9(2)23-15(21)11(6-5-10(18)8-16)17-14(20)13(19)12-4-3-7-22-12/h3-4,7-9,11,13,16,19H,5-6H2,1-2H3,(H,17,20)/t11-,13-/m0/s1.